The van der Waals surface area contributed by atoms with Crippen molar-refractivity contribution in [2.75, 3.05) is 0 Å². The van der Waals surface area contributed by atoms with Crippen molar-refractivity contribution in [1.82, 2.24) is 0 Å². The molecule has 1 saturated carbocycles. The predicted molar refractivity (Wildman–Crippen MR) is 74.9 cm³/mol. The molecule has 94 valence electrons. The van der Waals surface area contributed by atoms with Crippen LogP contribution in [0, 0.1) is 5.92 Å². The lowest BCUT2D eigenvalue weighted by atomic mass is 9.84. The summed E-state index contributed by atoms with van der Waals surface area (Å²) in [5.41, 5.74) is 1.07. The van der Waals surface area contributed by atoms with E-state index in [2.05, 4.69) is 15.9 Å². The highest BCUT2D eigenvalue weighted by Gasteiger charge is 2.21. The number of hydrogen-bond acceptors (Lipinski definition) is 1. The molecule has 0 heterocycles. The van der Waals surface area contributed by atoms with E-state index in [1.807, 2.05) is 24.3 Å². The molecule has 0 spiro atoms. The summed E-state index contributed by atoms with van der Waals surface area (Å²) in [6.45, 7) is 0. The van der Waals surface area contributed by atoms with Crippen LogP contribution in [0.25, 0.3) is 0 Å². The molecule has 2 heteroatoms. The van der Waals surface area contributed by atoms with Gasteiger partial charge in [0.25, 0.3) is 0 Å². The van der Waals surface area contributed by atoms with E-state index in [0.717, 1.165) is 10.0 Å². The molecule has 0 amide bonds. The Morgan fingerprint density at radius 1 is 0.941 bits per heavy atom. The fraction of sp³-hybridized carbons (Fsp3) is 0.600. The van der Waals surface area contributed by atoms with Crippen molar-refractivity contribution in [1.29, 1.82) is 0 Å². The molecule has 17 heavy (non-hydrogen) atoms. The van der Waals surface area contributed by atoms with E-state index in [-0.39, 0.29) is 6.10 Å². The molecule has 1 N–H and O–H groups in total. The number of hydrogen-bond donors (Lipinski definition) is 1. The van der Waals surface area contributed by atoms with E-state index in [0.29, 0.717) is 5.92 Å². The fourth-order valence-corrected chi connectivity index (χ4v) is 3.00. The van der Waals surface area contributed by atoms with Crippen molar-refractivity contribution in [3.63, 3.8) is 0 Å². The summed E-state index contributed by atoms with van der Waals surface area (Å²) >= 11 is 3.43. The van der Waals surface area contributed by atoms with Gasteiger partial charge in [-0.2, -0.15) is 0 Å². The number of halogens is 1. The van der Waals surface area contributed by atoms with Gasteiger partial charge in [-0.15, -0.1) is 0 Å². The summed E-state index contributed by atoms with van der Waals surface area (Å²) in [7, 11) is 0. The van der Waals surface area contributed by atoms with Gasteiger partial charge < -0.3 is 5.11 Å². The van der Waals surface area contributed by atoms with Crippen molar-refractivity contribution in [3.8, 4) is 0 Å². The van der Waals surface area contributed by atoms with Gasteiger partial charge in [-0.05, 0) is 36.5 Å². The molecule has 0 aromatic heterocycles. The topological polar surface area (TPSA) is 20.2 Å². The van der Waals surface area contributed by atoms with Crippen molar-refractivity contribution < 1.29 is 5.11 Å². The maximum atomic E-state index is 10.4. The van der Waals surface area contributed by atoms with Crippen LogP contribution in [0.3, 0.4) is 0 Å². The smallest absolute Gasteiger partial charge is 0.0818 e. The van der Waals surface area contributed by atoms with Crippen molar-refractivity contribution >= 4 is 15.9 Å². The SMILES string of the molecule is OC(c1ccc(Br)cc1)C1CCCCCCC1. The minimum Gasteiger partial charge on any atom is -0.388 e. The van der Waals surface area contributed by atoms with Crippen LogP contribution < -0.4 is 0 Å². The van der Waals surface area contributed by atoms with Crippen molar-refractivity contribution in [3.05, 3.63) is 34.3 Å². The van der Waals surface area contributed by atoms with Gasteiger partial charge in [0.05, 0.1) is 6.10 Å². The van der Waals surface area contributed by atoms with E-state index in [4.69, 9.17) is 0 Å². The van der Waals surface area contributed by atoms with Crippen LogP contribution in [0.15, 0.2) is 28.7 Å². The third-order valence-electron chi connectivity index (χ3n) is 3.81. The number of benzene rings is 1. The Bertz CT molecular complexity index is 325. The molecule has 1 aromatic rings. The first-order valence-electron chi connectivity index (χ1n) is 6.71. The third-order valence-corrected chi connectivity index (χ3v) is 4.34. The minimum absolute atomic E-state index is 0.277. The molecule has 1 unspecified atom stereocenters. The molecular weight excluding hydrogens is 276 g/mol. The van der Waals surface area contributed by atoms with Gasteiger partial charge in [-0.1, -0.05) is 60.2 Å². The van der Waals surface area contributed by atoms with E-state index in [1.54, 1.807) is 0 Å². The zero-order chi connectivity index (χ0) is 12.1. The molecule has 0 saturated heterocycles. The zero-order valence-electron chi connectivity index (χ0n) is 10.2. The fourth-order valence-electron chi connectivity index (χ4n) is 2.74. The Hall–Kier alpha value is -0.340. The highest BCUT2D eigenvalue weighted by molar-refractivity contribution is 9.10. The second kappa shape index (κ2) is 6.55. The second-order valence-corrected chi connectivity index (χ2v) is 6.02. The minimum atomic E-state index is -0.277. The molecule has 2 rings (SSSR count). The van der Waals surface area contributed by atoms with Crippen LogP contribution in [-0.4, -0.2) is 5.11 Å². The zero-order valence-corrected chi connectivity index (χ0v) is 11.8. The summed E-state index contributed by atoms with van der Waals surface area (Å²) in [6.07, 6.45) is 8.68. The molecule has 1 nitrogen and oxygen atoms in total. The normalized spacial score (nSPS) is 20.6. The van der Waals surface area contributed by atoms with Crippen molar-refractivity contribution in [2.45, 2.75) is 51.0 Å². The van der Waals surface area contributed by atoms with Gasteiger partial charge in [0.15, 0.2) is 0 Å². The monoisotopic (exact) mass is 296 g/mol. The van der Waals surface area contributed by atoms with E-state index < -0.39 is 0 Å². The summed E-state index contributed by atoms with van der Waals surface area (Å²) in [5.74, 6) is 0.455. The standard InChI is InChI=1S/C15H21BrO/c16-14-10-8-13(9-11-14)15(17)12-6-4-2-1-3-5-7-12/h8-12,15,17H,1-7H2. The van der Waals surface area contributed by atoms with Crippen LogP contribution in [0.4, 0.5) is 0 Å². The number of aliphatic hydroxyl groups is 1. The molecule has 0 radical (unpaired) electrons. The molecule has 1 aromatic carbocycles. The van der Waals surface area contributed by atoms with E-state index >= 15 is 0 Å². The largest absolute Gasteiger partial charge is 0.388 e. The molecule has 0 aliphatic heterocycles. The average Bonchev–Trinajstić information content (AvgIpc) is 2.29. The Morgan fingerprint density at radius 3 is 2.06 bits per heavy atom. The van der Waals surface area contributed by atoms with Crippen LogP contribution >= 0.6 is 15.9 Å². The highest BCUT2D eigenvalue weighted by Crippen LogP contribution is 2.33. The summed E-state index contributed by atoms with van der Waals surface area (Å²) in [4.78, 5) is 0. The molecule has 1 aliphatic carbocycles. The maximum absolute atomic E-state index is 10.4. The molecule has 0 bridgehead atoms. The van der Waals surface area contributed by atoms with Gasteiger partial charge in [0.2, 0.25) is 0 Å². The quantitative estimate of drug-likeness (QED) is 0.828. The lowest BCUT2D eigenvalue weighted by Crippen LogP contribution is -2.14. The lowest BCUT2D eigenvalue weighted by Gasteiger charge is -2.25. The van der Waals surface area contributed by atoms with Crippen LogP contribution in [0.1, 0.15) is 56.6 Å². The van der Waals surface area contributed by atoms with E-state index in [1.165, 1.54) is 44.9 Å². The molecular formula is C15H21BrO. The number of rotatable bonds is 2. The van der Waals surface area contributed by atoms with Crippen LogP contribution in [0.5, 0.6) is 0 Å². The molecule has 1 atom stereocenters. The Morgan fingerprint density at radius 2 is 1.47 bits per heavy atom. The number of aliphatic hydroxyl groups excluding tert-OH is 1. The van der Waals surface area contributed by atoms with E-state index in [9.17, 15) is 5.11 Å². The first-order chi connectivity index (χ1) is 8.27. The Balaban J connectivity index is 2.01. The van der Waals surface area contributed by atoms with Gasteiger partial charge in [-0.3, -0.25) is 0 Å². The maximum Gasteiger partial charge on any atom is 0.0818 e. The average molecular weight is 297 g/mol. The van der Waals surface area contributed by atoms with Crippen LogP contribution in [-0.2, 0) is 0 Å². The Labute approximate surface area is 112 Å². The lowest BCUT2D eigenvalue weighted by molar-refractivity contribution is 0.0913. The van der Waals surface area contributed by atoms with Gasteiger partial charge in [0, 0.05) is 4.47 Å². The summed E-state index contributed by atoms with van der Waals surface area (Å²) in [5, 5.41) is 10.4. The second-order valence-electron chi connectivity index (χ2n) is 5.10. The Kier molecular flexibility index (Phi) is 5.05. The van der Waals surface area contributed by atoms with Crippen molar-refractivity contribution in [2.24, 2.45) is 5.92 Å². The third kappa shape index (κ3) is 3.82. The molecule has 1 fully saturated rings. The first-order valence-corrected chi connectivity index (χ1v) is 7.50. The first kappa shape index (κ1) is 13.1. The predicted octanol–water partition coefficient (Wildman–Crippen LogP) is 4.84. The highest BCUT2D eigenvalue weighted by atomic mass is 79.9. The van der Waals surface area contributed by atoms with Gasteiger partial charge >= 0.3 is 0 Å². The summed E-state index contributed by atoms with van der Waals surface area (Å²) < 4.78 is 1.08. The van der Waals surface area contributed by atoms with Gasteiger partial charge in [-0.25, -0.2) is 0 Å². The molecule has 1 aliphatic rings. The summed E-state index contributed by atoms with van der Waals surface area (Å²) in [6, 6.07) is 8.10. The van der Waals surface area contributed by atoms with Crippen LogP contribution in [0.2, 0.25) is 0 Å². The van der Waals surface area contributed by atoms with Gasteiger partial charge in [0.1, 0.15) is 0 Å².